The quantitative estimate of drug-likeness (QED) is 0.396. The summed E-state index contributed by atoms with van der Waals surface area (Å²) in [4.78, 5) is 24.9. The molecule has 0 spiro atoms. The van der Waals surface area contributed by atoms with Crippen LogP contribution in [0.5, 0.6) is 0 Å². The van der Waals surface area contributed by atoms with E-state index in [0.29, 0.717) is 18.5 Å². The molecular formula is C27H28N4O3S. The molecule has 0 atom stereocenters. The van der Waals surface area contributed by atoms with E-state index in [2.05, 4.69) is 26.8 Å². The Bertz CT molecular complexity index is 1400. The Labute approximate surface area is 205 Å². The molecule has 0 bridgehead atoms. The van der Waals surface area contributed by atoms with Gasteiger partial charge in [-0.05, 0) is 67.6 Å². The molecule has 1 saturated heterocycles. The van der Waals surface area contributed by atoms with Gasteiger partial charge in [0.1, 0.15) is 0 Å². The minimum Gasteiger partial charge on any atom is -0.369 e. The fraction of sp³-hybridized carbons (Fsp3) is 0.259. The number of nitrogens with one attached hydrogen (secondary N) is 1. The van der Waals surface area contributed by atoms with Crippen molar-refractivity contribution < 1.29 is 13.2 Å². The van der Waals surface area contributed by atoms with Crippen LogP contribution in [0.1, 0.15) is 22.5 Å². The number of pyridine rings is 1. The predicted molar refractivity (Wildman–Crippen MR) is 137 cm³/mol. The third-order valence-electron chi connectivity index (χ3n) is 6.61. The highest BCUT2D eigenvalue weighted by Gasteiger charge is 2.19. The first kappa shape index (κ1) is 23.3. The molecule has 35 heavy (non-hydrogen) atoms. The number of aryl methyl sites for hydroxylation is 1. The Hall–Kier alpha value is -3.49. The zero-order valence-corrected chi connectivity index (χ0v) is 20.5. The summed E-state index contributed by atoms with van der Waals surface area (Å²) in [7, 11) is -1.50. The van der Waals surface area contributed by atoms with Crippen LogP contribution < -0.4 is 4.90 Å². The average Bonchev–Trinajstić information content (AvgIpc) is 3.33. The van der Waals surface area contributed by atoms with E-state index in [1.54, 1.807) is 48.8 Å². The Morgan fingerprint density at radius 1 is 0.943 bits per heavy atom. The number of H-pyrrole nitrogens is 1. The molecule has 2 aromatic carbocycles. The third kappa shape index (κ3) is 4.99. The number of carbonyl (C=O) groups is 1. The molecule has 7 nitrogen and oxygen atoms in total. The number of ketones is 1. The van der Waals surface area contributed by atoms with Gasteiger partial charge in [-0.1, -0.05) is 12.1 Å². The van der Waals surface area contributed by atoms with Crippen LogP contribution >= 0.6 is 0 Å². The summed E-state index contributed by atoms with van der Waals surface area (Å²) < 4.78 is 26.3. The number of hydrogen-bond donors (Lipinski definition) is 1. The van der Waals surface area contributed by atoms with E-state index >= 15 is 0 Å². The summed E-state index contributed by atoms with van der Waals surface area (Å²) in [5.74, 6) is 0.0124. The van der Waals surface area contributed by atoms with Crippen molar-refractivity contribution in [3.8, 4) is 0 Å². The lowest BCUT2D eigenvalue weighted by atomic mass is 10.1. The molecule has 0 aliphatic carbocycles. The lowest BCUT2D eigenvalue weighted by Gasteiger charge is -2.34. The summed E-state index contributed by atoms with van der Waals surface area (Å²) in [5, 5.41) is 0.905. The normalized spacial score (nSPS) is 14.9. The molecule has 1 aliphatic heterocycles. The minimum atomic E-state index is -3.61. The molecule has 2 aromatic heterocycles. The number of likely N-dealkylation sites (N-methyl/N-ethyl adjacent to an activating group) is 1. The number of benzene rings is 2. The monoisotopic (exact) mass is 488 g/mol. The Kier molecular flexibility index (Phi) is 6.40. The molecule has 3 heterocycles. The first-order valence-corrected chi connectivity index (χ1v) is 13.2. The van der Waals surface area contributed by atoms with E-state index in [1.807, 2.05) is 24.3 Å². The molecule has 4 aromatic rings. The largest absolute Gasteiger partial charge is 0.369 e. The van der Waals surface area contributed by atoms with Crippen LogP contribution in [0.3, 0.4) is 0 Å². The van der Waals surface area contributed by atoms with Gasteiger partial charge in [0.25, 0.3) is 0 Å². The van der Waals surface area contributed by atoms with E-state index in [4.69, 9.17) is 0 Å². The molecule has 8 heteroatoms. The first-order chi connectivity index (χ1) is 16.9. The number of carbonyl (C=O) groups excluding carboxylic acids is 1. The number of Topliss-reactive ketones (excluding diaryl/α,β-unsaturated/α-hetero) is 1. The SMILES string of the molecule is CN1CCN(c2ccc(S(=O)(=O)c3ccc(CCC(=O)c4cc5cnccc5[nH]4)cc3)cc2)CC1. The van der Waals surface area contributed by atoms with Crippen molar-refractivity contribution in [2.45, 2.75) is 22.6 Å². The number of fused-ring (bicyclic) bond motifs is 1. The number of nitrogens with zero attached hydrogens (tertiary/aromatic N) is 3. The van der Waals surface area contributed by atoms with Gasteiger partial charge >= 0.3 is 0 Å². The van der Waals surface area contributed by atoms with Gasteiger partial charge in [0.15, 0.2) is 5.78 Å². The van der Waals surface area contributed by atoms with Crippen molar-refractivity contribution in [2.24, 2.45) is 0 Å². The van der Waals surface area contributed by atoms with Gasteiger partial charge in [0.2, 0.25) is 9.84 Å². The minimum absolute atomic E-state index is 0.0124. The van der Waals surface area contributed by atoms with Crippen LogP contribution in [-0.4, -0.2) is 62.3 Å². The number of hydrogen-bond acceptors (Lipinski definition) is 6. The summed E-state index contributed by atoms with van der Waals surface area (Å²) in [5.41, 5.74) is 3.41. The maximum atomic E-state index is 13.1. The summed E-state index contributed by atoms with van der Waals surface area (Å²) in [6.45, 7) is 3.86. The lowest BCUT2D eigenvalue weighted by molar-refractivity contribution is 0.0979. The Balaban J connectivity index is 1.23. The zero-order valence-electron chi connectivity index (χ0n) is 19.6. The number of anilines is 1. The number of aromatic nitrogens is 2. The molecule has 5 rings (SSSR count). The van der Waals surface area contributed by atoms with Crippen LogP contribution in [0.4, 0.5) is 5.69 Å². The van der Waals surface area contributed by atoms with E-state index in [0.717, 1.165) is 48.3 Å². The van der Waals surface area contributed by atoms with Crippen LogP contribution in [0.25, 0.3) is 10.9 Å². The number of rotatable bonds is 7. The number of aromatic amines is 1. The lowest BCUT2D eigenvalue weighted by Crippen LogP contribution is -2.44. The molecule has 180 valence electrons. The Morgan fingerprint density at radius 2 is 1.60 bits per heavy atom. The van der Waals surface area contributed by atoms with Gasteiger partial charge in [-0.25, -0.2) is 8.42 Å². The number of piperazine rings is 1. The highest BCUT2D eigenvalue weighted by atomic mass is 32.2. The van der Waals surface area contributed by atoms with Crippen molar-refractivity contribution in [3.05, 3.63) is 84.3 Å². The second kappa shape index (κ2) is 9.64. The van der Waals surface area contributed by atoms with Gasteiger partial charge in [0.05, 0.1) is 15.5 Å². The fourth-order valence-corrected chi connectivity index (χ4v) is 5.65. The molecule has 1 aliphatic rings. The average molecular weight is 489 g/mol. The Morgan fingerprint density at radius 3 is 2.26 bits per heavy atom. The van der Waals surface area contributed by atoms with Crippen LogP contribution in [-0.2, 0) is 16.3 Å². The number of sulfone groups is 1. The van der Waals surface area contributed by atoms with Gasteiger partial charge in [0, 0.05) is 61.6 Å². The first-order valence-electron chi connectivity index (χ1n) is 11.7. The third-order valence-corrected chi connectivity index (χ3v) is 8.40. The van der Waals surface area contributed by atoms with Crippen molar-refractivity contribution in [2.75, 3.05) is 38.1 Å². The van der Waals surface area contributed by atoms with Crippen LogP contribution in [0, 0.1) is 0 Å². The summed E-state index contributed by atoms with van der Waals surface area (Å²) in [6, 6.07) is 17.6. The van der Waals surface area contributed by atoms with Gasteiger partial charge in [-0.3, -0.25) is 9.78 Å². The molecule has 1 fully saturated rings. The van der Waals surface area contributed by atoms with E-state index in [9.17, 15) is 13.2 Å². The highest BCUT2D eigenvalue weighted by molar-refractivity contribution is 7.91. The molecule has 0 amide bonds. The van der Waals surface area contributed by atoms with Crippen molar-refractivity contribution in [3.63, 3.8) is 0 Å². The smallest absolute Gasteiger partial charge is 0.206 e. The van der Waals surface area contributed by atoms with Gasteiger partial charge < -0.3 is 14.8 Å². The molecular weight excluding hydrogens is 460 g/mol. The molecule has 0 radical (unpaired) electrons. The maximum Gasteiger partial charge on any atom is 0.206 e. The van der Waals surface area contributed by atoms with Crippen LogP contribution in [0.15, 0.2) is 82.8 Å². The molecule has 0 saturated carbocycles. The van der Waals surface area contributed by atoms with Gasteiger partial charge in [-0.2, -0.15) is 0 Å². The highest BCUT2D eigenvalue weighted by Crippen LogP contribution is 2.25. The standard InChI is InChI=1S/C27H28N4O3S/c1-30-14-16-31(17-15-30)22-5-9-24(10-6-22)35(33,34)23-7-2-20(3-8-23)4-11-27(32)26-18-21-19-28-13-12-25(21)29-26/h2-3,5-10,12-13,18-19,29H,4,11,14-17H2,1H3. The van der Waals surface area contributed by atoms with Crippen molar-refractivity contribution >= 4 is 32.2 Å². The fourth-order valence-electron chi connectivity index (χ4n) is 4.39. The predicted octanol–water partition coefficient (Wildman–Crippen LogP) is 3.96. The molecule has 0 unspecified atom stereocenters. The maximum absolute atomic E-state index is 13.1. The molecule has 1 N–H and O–H groups in total. The van der Waals surface area contributed by atoms with Crippen LogP contribution in [0.2, 0.25) is 0 Å². The topological polar surface area (TPSA) is 86.4 Å². The van der Waals surface area contributed by atoms with E-state index in [1.165, 1.54) is 0 Å². The zero-order chi connectivity index (χ0) is 24.4. The summed E-state index contributed by atoms with van der Waals surface area (Å²) in [6.07, 6.45) is 4.28. The van der Waals surface area contributed by atoms with Crippen molar-refractivity contribution in [1.82, 2.24) is 14.9 Å². The van der Waals surface area contributed by atoms with Gasteiger partial charge in [-0.15, -0.1) is 0 Å². The second-order valence-corrected chi connectivity index (χ2v) is 11.0. The van der Waals surface area contributed by atoms with Crippen molar-refractivity contribution in [1.29, 1.82) is 0 Å². The van der Waals surface area contributed by atoms with E-state index in [-0.39, 0.29) is 15.6 Å². The summed E-state index contributed by atoms with van der Waals surface area (Å²) >= 11 is 0. The second-order valence-electron chi connectivity index (χ2n) is 9.00. The van der Waals surface area contributed by atoms with E-state index < -0.39 is 9.84 Å².